The maximum absolute atomic E-state index is 9.36. The van der Waals surface area contributed by atoms with Crippen molar-refractivity contribution in [2.45, 2.75) is 13.0 Å². The summed E-state index contributed by atoms with van der Waals surface area (Å²) in [7, 11) is 0. The minimum Gasteiger partial charge on any atom is -0.507 e. The molecule has 1 aliphatic rings. The Kier molecular flexibility index (Phi) is 4.21. The van der Waals surface area contributed by atoms with Gasteiger partial charge in [-0.1, -0.05) is 6.07 Å². The quantitative estimate of drug-likeness (QED) is 0.892. The van der Waals surface area contributed by atoms with Gasteiger partial charge >= 0.3 is 0 Å². The van der Waals surface area contributed by atoms with Crippen molar-refractivity contribution in [2.24, 2.45) is 5.92 Å². The molecule has 88 valence electrons. The highest BCUT2D eigenvalue weighted by Crippen LogP contribution is 2.24. The number of rotatable bonds is 4. The molecule has 1 heterocycles. The van der Waals surface area contributed by atoms with Gasteiger partial charge in [-0.15, -0.1) is 0 Å². The number of hydrogen-bond acceptors (Lipinski definition) is 3. The monoisotopic (exact) mass is 285 g/mol. The summed E-state index contributed by atoms with van der Waals surface area (Å²) in [6.45, 7) is 3.61. The van der Waals surface area contributed by atoms with Crippen molar-refractivity contribution in [3.8, 4) is 5.75 Å². The van der Waals surface area contributed by atoms with Gasteiger partial charge in [-0.3, -0.25) is 0 Å². The molecule has 2 rings (SSSR count). The summed E-state index contributed by atoms with van der Waals surface area (Å²) >= 11 is 3.31. The molecular weight excluding hydrogens is 270 g/mol. The Balaban J connectivity index is 1.78. The molecule has 0 spiro atoms. The summed E-state index contributed by atoms with van der Waals surface area (Å²) in [4.78, 5) is 0. The highest BCUT2D eigenvalue weighted by Gasteiger charge is 2.14. The zero-order chi connectivity index (χ0) is 11.4. The highest BCUT2D eigenvalue weighted by molar-refractivity contribution is 9.10. The highest BCUT2D eigenvalue weighted by atomic mass is 79.9. The molecule has 3 nitrogen and oxygen atoms in total. The van der Waals surface area contributed by atoms with E-state index < -0.39 is 0 Å². The van der Waals surface area contributed by atoms with Crippen LogP contribution in [0.4, 0.5) is 0 Å². The lowest BCUT2D eigenvalue weighted by Gasteiger charge is -2.09. The molecule has 1 fully saturated rings. The number of aromatic hydroxyl groups is 1. The fourth-order valence-corrected chi connectivity index (χ4v) is 2.25. The first kappa shape index (κ1) is 11.9. The fraction of sp³-hybridized carbons (Fsp3) is 0.500. The van der Waals surface area contributed by atoms with Crippen LogP contribution in [0.5, 0.6) is 5.75 Å². The van der Waals surface area contributed by atoms with Crippen molar-refractivity contribution in [1.29, 1.82) is 0 Å². The lowest BCUT2D eigenvalue weighted by molar-refractivity contribution is 0.185. The Morgan fingerprint density at radius 3 is 3.06 bits per heavy atom. The number of nitrogens with one attached hydrogen (secondary N) is 1. The third-order valence-corrected chi connectivity index (χ3v) is 3.43. The minimum atomic E-state index is 0.285. The van der Waals surface area contributed by atoms with Gasteiger partial charge in [0.2, 0.25) is 0 Å². The molecule has 4 heteroatoms. The van der Waals surface area contributed by atoms with Crippen LogP contribution in [0.25, 0.3) is 0 Å². The topological polar surface area (TPSA) is 41.5 Å². The predicted octanol–water partition coefficient (Wildman–Crippen LogP) is 2.28. The summed E-state index contributed by atoms with van der Waals surface area (Å²) in [5, 5.41) is 12.8. The first-order valence-electron chi connectivity index (χ1n) is 5.51. The zero-order valence-corrected chi connectivity index (χ0v) is 10.7. The molecular formula is C12H16BrNO2. The average molecular weight is 286 g/mol. The van der Waals surface area contributed by atoms with E-state index in [1.54, 1.807) is 6.07 Å². The van der Waals surface area contributed by atoms with E-state index in [1.165, 1.54) is 5.56 Å². The van der Waals surface area contributed by atoms with E-state index in [1.807, 2.05) is 12.1 Å². The van der Waals surface area contributed by atoms with Crippen molar-refractivity contribution in [3.63, 3.8) is 0 Å². The summed E-state index contributed by atoms with van der Waals surface area (Å²) in [5.41, 5.74) is 1.17. The van der Waals surface area contributed by atoms with E-state index >= 15 is 0 Å². The maximum atomic E-state index is 9.36. The number of hydrogen-bond donors (Lipinski definition) is 2. The second kappa shape index (κ2) is 5.66. The van der Waals surface area contributed by atoms with Crippen molar-refractivity contribution < 1.29 is 9.84 Å². The van der Waals surface area contributed by atoms with Crippen LogP contribution in [0.2, 0.25) is 0 Å². The van der Waals surface area contributed by atoms with Gasteiger partial charge < -0.3 is 15.2 Å². The number of ether oxygens (including phenoxy) is 1. The first-order chi connectivity index (χ1) is 7.75. The lowest BCUT2D eigenvalue weighted by Crippen LogP contribution is -2.22. The van der Waals surface area contributed by atoms with Crippen molar-refractivity contribution in [1.82, 2.24) is 5.32 Å². The SMILES string of the molecule is Oc1ccc(CNCC2CCOC2)cc1Br. The molecule has 1 atom stereocenters. The zero-order valence-electron chi connectivity index (χ0n) is 9.08. The molecule has 0 amide bonds. The molecule has 0 bridgehead atoms. The van der Waals surface area contributed by atoms with Gasteiger partial charge in [-0.25, -0.2) is 0 Å². The van der Waals surface area contributed by atoms with Gasteiger partial charge in [0, 0.05) is 19.7 Å². The van der Waals surface area contributed by atoms with Crippen molar-refractivity contribution >= 4 is 15.9 Å². The number of phenols is 1. The molecule has 1 aromatic rings. The number of halogens is 1. The Bertz CT molecular complexity index is 351. The van der Waals surface area contributed by atoms with Gasteiger partial charge in [0.1, 0.15) is 5.75 Å². The largest absolute Gasteiger partial charge is 0.507 e. The van der Waals surface area contributed by atoms with E-state index in [-0.39, 0.29) is 5.75 Å². The molecule has 1 aromatic carbocycles. The van der Waals surface area contributed by atoms with E-state index in [4.69, 9.17) is 4.74 Å². The maximum Gasteiger partial charge on any atom is 0.129 e. The van der Waals surface area contributed by atoms with Crippen LogP contribution in [-0.2, 0) is 11.3 Å². The molecule has 0 saturated carbocycles. The molecule has 2 N–H and O–H groups in total. The van der Waals surface area contributed by atoms with Gasteiger partial charge in [0.05, 0.1) is 11.1 Å². The van der Waals surface area contributed by atoms with Gasteiger partial charge in [-0.2, -0.15) is 0 Å². The standard InChI is InChI=1S/C12H16BrNO2/c13-11-5-9(1-2-12(11)15)6-14-7-10-3-4-16-8-10/h1-2,5,10,14-15H,3-4,6-8H2. The van der Waals surface area contributed by atoms with E-state index in [2.05, 4.69) is 21.2 Å². The minimum absolute atomic E-state index is 0.285. The molecule has 16 heavy (non-hydrogen) atoms. The smallest absolute Gasteiger partial charge is 0.129 e. The van der Waals surface area contributed by atoms with Crippen LogP contribution >= 0.6 is 15.9 Å². The van der Waals surface area contributed by atoms with Crippen molar-refractivity contribution in [3.05, 3.63) is 28.2 Å². The van der Waals surface area contributed by atoms with Gasteiger partial charge in [-0.05, 0) is 46.0 Å². The van der Waals surface area contributed by atoms with Gasteiger partial charge in [0.25, 0.3) is 0 Å². The Morgan fingerprint density at radius 1 is 1.50 bits per heavy atom. The van der Waals surface area contributed by atoms with Crippen LogP contribution in [-0.4, -0.2) is 24.9 Å². The Labute approximate surface area is 104 Å². The molecule has 0 aliphatic carbocycles. The van der Waals surface area contributed by atoms with Crippen molar-refractivity contribution in [2.75, 3.05) is 19.8 Å². The van der Waals surface area contributed by atoms with Crippen LogP contribution in [0.1, 0.15) is 12.0 Å². The first-order valence-corrected chi connectivity index (χ1v) is 6.31. The molecule has 1 unspecified atom stereocenters. The van der Waals surface area contributed by atoms with Crippen LogP contribution < -0.4 is 5.32 Å². The molecule has 0 radical (unpaired) electrons. The van der Waals surface area contributed by atoms with Gasteiger partial charge in [0.15, 0.2) is 0 Å². The normalized spacial score (nSPS) is 20.2. The third-order valence-electron chi connectivity index (χ3n) is 2.80. The summed E-state index contributed by atoms with van der Waals surface area (Å²) in [5.74, 6) is 0.938. The van der Waals surface area contributed by atoms with Crippen LogP contribution in [0.15, 0.2) is 22.7 Å². The summed E-state index contributed by atoms with van der Waals surface area (Å²) < 4.78 is 6.06. The fourth-order valence-electron chi connectivity index (χ4n) is 1.83. The lowest BCUT2D eigenvalue weighted by atomic mass is 10.1. The summed E-state index contributed by atoms with van der Waals surface area (Å²) in [6.07, 6.45) is 1.16. The average Bonchev–Trinajstić information content (AvgIpc) is 2.76. The second-order valence-electron chi connectivity index (χ2n) is 4.15. The number of phenolic OH excluding ortho intramolecular Hbond substituents is 1. The van der Waals surface area contributed by atoms with Crippen LogP contribution in [0.3, 0.4) is 0 Å². The summed E-state index contributed by atoms with van der Waals surface area (Å²) in [6, 6.07) is 5.57. The van der Waals surface area contributed by atoms with E-state index in [9.17, 15) is 5.11 Å². The van der Waals surface area contributed by atoms with E-state index in [0.29, 0.717) is 5.92 Å². The van der Waals surface area contributed by atoms with E-state index in [0.717, 1.165) is 37.2 Å². The molecule has 1 saturated heterocycles. The van der Waals surface area contributed by atoms with Crippen LogP contribution in [0, 0.1) is 5.92 Å². The predicted molar refractivity (Wildman–Crippen MR) is 66.4 cm³/mol. The number of benzene rings is 1. The third kappa shape index (κ3) is 3.20. The Hall–Kier alpha value is -0.580. The molecule has 1 aliphatic heterocycles. The Morgan fingerprint density at radius 2 is 2.38 bits per heavy atom. The second-order valence-corrected chi connectivity index (χ2v) is 5.00. The molecule has 0 aromatic heterocycles.